The lowest BCUT2D eigenvalue weighted by atomic mass is 10.1. The molecule has 196 valence electrons. The van der Waals surface area contributed by atoms with Gasteiger partial charge in [0.25, 0.3) is 0 Å². The fourth-order valence-corrected chi connectivity index (χ4v) is 5.03. The molecule has 38 heavy (non-hydrogen) atoms. The summed E-state index contributed by atoms with van der Waals surface area (Å²) in [5.74, 6) is 1.46. The molecule has 1 fully saturated rings. The number of carbonyl (C=O) groups excluding carboxylic acids is 1. The number of benzene rings is 2. The Bertz CT molecular complexity index is 1470. The minimum absolute atomic E-state index is 0.340. The molecule has 1 aliphatic heterocycles. The maximum Gasteiger partial charge on any atom is 0.211 e. The van der Waals surface area contributed by atoms with Crippen molar-refractivity contribution >= 4 is 63.3 Å². The Morgan fingerprint density at radius 3 is 2.29 bits per heavy atom. The average molecular weight is 554 g/mol. The summed E-state index contributed by atoms with van der Waals surface area (Å²) in [6.45, 7) is 2.95. The van der Waals surface area contributed by atoms with Crippen LogP contribution in [0.2, 0.25) is 10.0 Å². The van der Waals surface area contributed by atoms with Crippen LogP contribution in [0.1, 0.15) is 0 Å². The lowest BCUT2D eigenvalue weighted by Crippen LogP contribution is -2.36. The number of aromatic nitrogens is 2. The maximum atomic E-state index is 11.3. The van der Waals surface area contributed by atoms with Gasteiger partial charge in [0.15, 0.2) is 0 Å². The van der Waals surface area contributed by atoms with E-state index in [1.807, 2.05) is 30.3 Å². The van der Waals surface area contributed by atoms with E-state index in [9.17, 15) is 4.79 Å². The normalized spacial score (nSPS) is 13.3. The van der Waals surface area contributed by atoms with Gasteiger partial charge in [-0.25, -0.2) is 4.98 Å². The first-order valence-electron chi connectivity index (χ1n) is 11.8. The Labute approximate surface area is 229 Å². The molecule has 1 saturated heterocycles. The number of methoxy groups -OCH3 is 2. The van der Waals surface area contributed by atoms with Crippen LogP contribution in [0.5, 0.6) is 11.5 Å². The number of hydrogen-bond acceptors (Lipinski definition) is 8. The van der Waals surface area contributed by atoms with Crippen molar-refractivity contribution in [2.45, 2.75) is 0 Å². The maximum absolute atomic E-state index is 11.3. The van der Waals surface area contributed by atoms with E-state index in [-0.39, 0.29) is 0 Å². The van der Waals surface area contributed by atoms with Gasteiger partial charge in [0.05, 0.1) is 54.5 Å². The number of rotatable bonds is 8. The van der Waals surface area contributed by atoms with E-state index in [4.69, 9.17) is 37.4 Å². The summed E-state index contributed by atoms with van der Waals surface area (Å²) in [5, 5.41) is 8.44. The van der Waals surface area contributed by atoms with Gasteiger partial charge in [-0.3, -0.25) is 9.78 Å². The highest BCUT2D eigenvalue weighted by Crippen LogP contribution is 2.45. The van der Waals surface area contributed by atoms with Gasteiger partial charge < -0.3 is 29.7 Å². The molecule has 2 aromatic carbocycles. The van der Waals surface area contributed by atoms with Crippen molar-refractivity contribution in [2.75, 3.05) is 56.1 Å². The van der Waals surface area contributed by atoms with Crippen molar-refractivity contribution in [1.82, 2.24) is 9.97 Å². The van der Waals surface area contributed by atoms with Gasteiger partial charge in [-0.05, 0) is 30.3 Å². The summed E-state index contributed by atoms with van der Waals surface area (Å²) >= 11 is 13.1. The van der Waals surface area contributed by atoms with Crippen LogP contribution >= 0.6 is 23.2 Å². The zero-order valence-corrected chi connectivity index (χ0v) is 22.3. The van der Waals surface area contributed by atoms with Gasteiger partial charge in [-0.1, -0.05) is 23.2 Å². The Morgan fingerprint density at radius 1 is 0.921 bits per heavy atom. The minimum atomic E-state index is 0.340. The van der Waals surface area contributed by atoms with E-state index in [1.165, 1.54) is 14.2 Å². The SMILES string of the molecule is COc1cc(OC)c(Cl)c(-c2cc3cnc(Nc4ccc(N5CCOCC5)cc4NC=O)cc3cn2)c1Cl. The number of fused-ring (bicyclic) bond motifs is 1. The summed E-state index contributed by atoms with van der Waals surface area (Å²) in [4.78, 5) is 22.7. The fraction of sp³-hybridized carbons (Fsp3) is 0.222. The molecule has 2 aromatic heterocycles. The Morgan fingerprint density at radius 2 is 1.61 bits per heavy atom. The summed E-state index contributed by atoms with van der Waals surface area (Å²) in [6.07, 6.45) is 4.12. The van der Waals surface area contributed by atoms with Crippen LogP contribution in [-0.2, 0) is 9.53 Å². The van der Waals surface area contributed by atoms with E-state index in [0.717, 1.165) is 29.5 Å². The van der Waals surface area contributed by atoms with Crippen molar-refractivity contribution in [3.63, 3.8) is 0 Å². The second kappa shape index (κ2) is 11.3. The molecule has 0 bridgehead atoms. The molecule has 3 heterocycles. The molecule has 0 spiro atoms. The largest absolute Gasteiger partial charge is 0.495 e. The van der Waals surface area contributed by atoms with Crippen molar-refractivity contribution in [3.05, 3.63) is 58.8 Å². The van der Waals surface area contributed by atoms with E-state index >= 15 is 0 Å². The van der Waals surface area contributed by atoms with E-state index in [0.29, 0.717) is 69.6 Å². The lowest BCUT2D eigenvalue weighted by Gasteiger charge is -2.29. The number of anilines is 4. The molecule has 1 aliphatic rings. The third kappa shape index (κ3) is 5.13. The molecule has 5 rings (SSSR count). The molecule has 0 aliphatic carbocycles. The zero-order chi connectivity index (χ0) is 26.6. The van der Waals surface area contributed by atoms with Gasteiger partial charge in [-0.15, -0.1) is 0 Å². The van der Waals surface area contributed by atoms with Crippen LogP contribution in [0, 0.1) is 0 Å². The third-order valence-electron chi connectivity index (χ3n) is 6.29. The van der Waals surface area contributed by atoms with Gasteiger partial charge >= 0.3 is 0 Å². The fourth-order valence-electron chi connectivity index (χ4n) is 4.33. The van der Waals surface area contributed by atoms with Crippen LogP contribution in [0.15, 0.2) is 48.8 Å². The Hall–Kier alpha value is -3.79. The summed E-state index contributed by atoms with van der Waals surface area (Å²) < 4.78 is 16.2. The number of amides is 1. The number of pyridine rings is 2. The van der Waals surface area contributed by atoms with Crippen LogP contribution in [0.3, 0.4) is 0 Å². The molecule has 0 saturated carbocycles. The second-order valence-corrected chi connectivity index (χ2v) is 9.24. The lowest BCUT2D eigenvalue weighted by molar-refractivity contribution is -0.105. The number of hydrogen-bond donors (Lipinski definition) is 2. The molecular formula is C27H25Cl2N5O4. The predicted molar refractivity (Wildman–Crippen MR) is 151 cm³/mol. The summed E-state index contributed by atoms with van der Waals surface area (Å²) in [5.41, 5.74) is 3.45. The number of carbonyl (C=O) groups is 1. The first kappa shape index (κ1) is 25.8. The number of nitrogens with one attached hydrogen (secondary N) is 2. The minimum Gasteiger partial charge on any atom is -0.495 e. The molecule has 0 unspecified atom stereocenters. The average Bonchev–Trinajstić information content (AvgIpc) is 2.95. The molecule has 4 aromatic rings. The molecule has 1 amide bonds. The quantitative estimate of drug-likeness (QED) is 0.265. The molecule has 0 radical (unpaired) electrons. The van der Waals surface area contributed by atoms with E-state index in [1.54, 1.807) is 18.5 Å². The first-order valence-corrected chi connectivity index (χ1v) is 12.6. The predicted octanol–water partition coefficient (Wildman–Crippen LogP) is 5.77. The number of halogens is 2. The topological polar surface area (TPSA) is 97.8 Å². The van der Waals surface area contributed by atoms with Gasteiger partial charge in [0.2, 0.25) is 6.41 Å². The van der Waals surface area contributed by atoms with Crippen molar-refractivity contribution in [1.29, 1.82) is 0 Å². The highest BCUT2D eigenvalue weighted by molar-refractivity contribution is 6.41. The number of nitrogens with zero attached hydrogens (tertiary/aromatic N) is 3. The third-order valence-corrected chi connectivity index (χ3v) is 7.04. The standard InChI is InChI=1S/C27H25Cl2N5O4/c1-36-22-12-23(37-2)27(29)25(26(22)28)21-9-16-14-31-24(10-17(16)13-30-21)33-19-4-3-18(11-20(19)32-15-35)34-5-7-38-8-6-34/h3-4,9-15H,5-8H2,1-2H3,(H,31,33)(H,32,35). The molecular weight excluding hydrogens is 529 g/mol. The van der Waals surface area contributed by atoms with Gasteiger partial charge in [0, 0.05) is 53.6 Å². The van der Waals surface area contributed by atoms with Crippen molar-refractivity contribution in [2.24, 2.45) is 0 Å². The van der Waals surface area contributed by atoms with Crippen molar-refractivity contribution in [3.8, 4) is 22.8 Å². The summed E-state index contributed by atoms with van der Waals surface area (Å²) in [6, 6.07) is 11.2. The van der Waals surface area contributed by atoms with Crippen LogP contribution in [-0.4, -0.2) is 56.9 Å². The van der Waals surface area contributed by atoms with Crippen LogP contribution in [0.4, 0.5) is 22.9 Å². The second-order valence-electron chi connectivity index (χ2n) is 8.49. The molecule has 0 atom stereocenters. The van der Waals surface area contributed by atoms with Crippen molar-refractivity contribution < 1.29 is 19.0 Å². The van der Waals surface area contributed by atoms with Crippen LogP contribution in [0.25, 0.3) is 22.0 Å². The van der Waals surface area contributed by atoms with Gasteiger partial charge in [0.1, 0.15) is 17.3 Å². The zero-order valence-electron chi connectivity index (χ0n) is 20.8. The van der Waals surface area contributed by atoms with Crippen LogP contribution < -0.4 is 25.0 Å². The molecule has 9 nitrogen and oxygen atoms in total. The monoisotopic (exact) mass is 553 g/mol. The molecule has 2 N–H and O–H groups in total. The number of morpholine rings is 1. The Kier molecular flexibility index (Phi) is 7.69. The highest BCUT2D eigenvalue weighted by Gasteiger charge is 2.20. The Balaban J connectivity index is 1.45. The van der Waals surface area contributed by atoms with Gasteiger partial charge in [-0.2, -0.15) is 0 Å². The van der Waals surface area contributed by atoms with E-state index < -0.39 is 0 Å². The summed E-state index contributed by atoms with van der Waals surface area (Å²) in [7, 11) is 3.05. The smallest absolute Gasteiger partial charge is 0.211 e. The number of ether oxygens (including phenoxy) is 3. The van der Waals surface area contributed by atoms with E-state index in [2.05, 4.69) is 25.5 Å². The first-order chi connectivity index (χ1) is 18.5. The highest BCUT2D eigenvalue weighted by atomic mass is 35.5. The molecule has 11 heteroatoms.